The van der Waals surface area contributed by atoms with Crippen LogP contribution < -0.4 is 9.47 Å². The van der Waals surface area contributed by atoms with Crippen molar-refractivity contribution < 1.29 is 14.3 Å². The Hall–Kier alpha value is -2.48. The molecule has 0 bridgehead atoms. The zero-order chi connectivity index (χ0) is 22.8. The lowest BCUT2D eigenvalue weighted by molar-refractivity contribution is -0.122. The smallest absolute Gasteiger partial charge is 0.266 e. The molecule has 5 nitrogen and oxygen atoms in total. The fourth-order valence-corrected chi connectivity index (χ4v) is 4.89. The van der Waals surface area contributed by atoms with Crippen LogP contribution in [-0.4, -0.2) is 36.7 Å². The van der Waals surface area contributed by atoms with Crippen molar-refractivity contribution in [3.63, 3.8) is 0 Å². The van der Waals surface area contributed by atoms with Gasteiger partial charge in [-0.2, -0.15) is 0 Å². The highest BCUT2D eigenvalue weighted by Gasteiger charge is 2.32. The van der Waals surface area contributed by atoms with Gasteiger partial charge >= 0.3 is 0 Å². The minimum Gasteiger partial charge on any atom is -0.497 e. The maximum absolute atomic E-state index is 13.2. The second-order valence-electron chi connectivity index (χ2n) is 6.92. The van der Waals surface area contributed by atoms with Gasteiger partial charge in [0.1, 0.15) is 11.5 Å². The Morgan fingerprint density at radius 3 is 2.59 bits per heavy atom. The summed E-state index contributed by atoms with van der Waals surface area (Å²) in [5.74, 6) is 1.32. The van der Waals surface area contributed by atoms with Gasteiger partial charge in [-0.15, -0.1) is 0 Å². The Bertz CT molecular complexity index is 1270. The molecule has 1 amide bonds. The number of thioether (sulfide) groups is 1. The van der Waals surface area contributed by atoms with Crippen LogP contribution in [0.3, 0.4) is 0 Å². The Morgan fingerprint density at radius 1 is 1.12 bits per heavy atom. The first-order valence-corrected chi connectivity index (χ1v) is 11.8. The molecule has 0 spiro atoms. The molecule has 3 aromatic rings. The summed E-state index contributed by atoms with van der Waals surface area (Å²) >= 11 is 10.9. The number of amidine groups is 1. The normalized spacial score (nSPS) is 16.4. The van der Waals surface area contributed by atoms with Crippen molar-refractivity contribution in [2.45, 2.75) is 6.92 Å². The van der Waals surface area contributed by atoms with Gasteiger partial charge < -0.3 is 9.47 Å². The zero-order valence-electron chi connectivity index (χ0n) is 17.7. The van der Waals surface area contributed by atoms with Gasteiger partial charge in [0.25, 0.3) is 5.91 Å². The van der Waals surface area contributed by atoms with Crippen molar-refractivity contribution in [1.82, 2.24) is 4.90 Å². The predicted octanol–water partition coefficient (Wildman–Crippen LogP) is 6.90. The summed E-state index contributed by atoms with van der Waals surface area (Å²) in [6.45, 7) is 2.43. The van der Waals surface area contributed by atoms with E-state index in [0.717, 1.165) is 26.6 Å². The molecule has 4 rings (SSSR count). The predicted molar refractivity (Wildman–Crippen MR) is 136 cm³/mol. The van der Waals surface area contributed by atoms with Crippen molar-refractivity contribution in [1.29, 1.82) is 0 Å². The van der Waals surface area contributed by atoms with Crippen molar-refractivity contribution in [3.8, 4) is 11.5 Å². The first-order valence-electron chi connectivity index (χ1n) is 9.85. The lowest BCUT2D eigenvalue weighted by Gasteiger charge is -2.12. The third-order valence-electron chi connectivity index (χ3n) is 5.06. The molecule has 0 atom stereocenters. The Balaban J connectivity index is 1.80. The lowest BCUT2D eigenvalue weighted by Crippen LogP contribution is -2.28. The number of benzene rings is 3. The van der Waals surface area contributed by atoms with Crippen molar-refractivity contribution in [2.24, 2.45) is 4.99 Å². The fourth-order valence-electron chi connectivity index (χ4n) is 3.42. The molecule has 1 aliphatic rings. The number of fused-ring (bicyclic) bond motifs is 1. The molecular formula is C24H20BrClN2O3S. The highest BCUT2D eigenvalue weighted by molar-refractivity contribution is 9.10. The number of carbonyl (C=O) groups excluding carboxylic acids is 1. The quantitative estimate of drug-likeness (QED) is 0.336. The number of aliphatic imine (C=N–C) groups is 1. The number of nitrogens with zero attached hydrogens (tertiary/aromatic N) is 2. The van der Waals surface area contributed by atoms with E-state index in [9.17, 15) is 4.79 Å². The zero-order valence-corrected chi connectivity index (χ0v) is 20.8. The highest BCUT2D eigenvalue weighted by atomic mass is 79.9. The summed E-state index contributed by atoms with van der Waals surface area (Å²) in [6.07, 6.45) is 1.87. The summed E-state index contributed by atoms with van der Waals surface area (Å²) < 4.78 is 11.8. The lowest BCUT2D eigenvalue weighted by atomic mass is 10.0. The van der Waals surface area contributed by atoms with Crippen LogP contribution >= 0.6 is 39.3 Å². The molecule has 1 aliphatic heterocycles. The number of carbonyl (C=O) groups is 1. The van der Waals surface area contributed by atoms with Gasteiger partial charge in [-0.3, -0.25) is 9.69 Å². The van der Waals surface area contributed by atoms with Gasteiger partial charge in [0, 0.05) is 16.6 Å². The van der Waals surface area contributed by atoms with E-state index in [1.54, 1.807) is 25.2 Å². The van der Waals surface area contributed by atoms with E-state index >= 15 is 0 Å². The molecule has 32 heavy (non-hydrogen) atoms. The van der Waals surface area contributed by atoms with Crippen LogP contribution in [0.1, 0.15) is 12.5 Å². The number of ether oxygens (including phenoxy) is 2. The fraction of sp³-hybridized carbons (Fsp3) is 0.167. The SMILES string of the molecule is CCN1C(=O)C(=Cc2c(OC)ccc3ccc(OC)cc23)SC1=Nc1ccc(Br)c(Cl)c1. The molecule has 0 unspecified atom stereocenters. The standard InChI is InChI=1S/C24H20BrClN2O3S/c1-4-28-23(29)22(32-24(28)27-15-7-9-19(25)20(26)11-15)13-18-17-12-16(30-2)8-5-14(17)6-10-21(18)31-3/h5-13H,4H2,1-3H3. The number of rotatable bonds is 5. The van der Waals surface area contributed by atoms with Gasteiger partial charge in [0.05, 0.1) is 29.8 Å². The number of hydrogen-bond donors (Lipinski definition) is 0. The molecule has 0 aromatic heterocycles. The number of halogens is 2. The Labute approximate surface area is 204 Å². The molecule has 8 heteroatoms. The molecule has 1 heterocycles. The van der Waals surface area contributed by atoms with E-state index in [1.165, 1.54) is 11.8 Å². The average molecular weight is 532 g/mol. The van der Waals surface area contributed by atoms with Crippen LogP contribution in [0.5, 0.6) is 11.5 Å². The van der Waals surface area contributed by atoms with E-state index < -0.39 is 0 Å². The van der Waals surface area contributed by atoms with Crippen LogP contribution in [0.2, 0.25) is 5.02 Å². The van der Waals surface area contributed by atoms with Crippen molar-refractivity contribution >= 4 is 72.9 Å². The molecule has 0 aliphatic carbocycles. The van der Waals surface area contributed by atoms with Crippen LogP contribution in [-0.2, 0) is 4.79 Å². The largest absolute Gasteiger partial charge is 0.497 e. The minimum atomic E-state index is -0.0959. The summed E-state index contributed by atoms with van der Waals surface area (Å²) in [7, 11) is 3.25. The van der Waals surface area contributed by atoms with Crippen LogP contribution in [0, 0.1) is 0 Å². The number of methoxy groups -OCH3 is 2. The topological polar surface area (TPSA) is 51.1 Å². The molecular weight excluding hydrogens is 512 g/mol. The summed E-state index contributed by atoms with van der Waals surface area (Å²) in [5.41, 5.74) is 1.50. The third-order valence-corrected chi connectivity index (χ3v) is 7.30. The number of amides is 1. The third kappa shape index (κ3) is 4.37. The van der Waals surface area contributed by atoms with Crippen molar-refractivity contribution in [3.05, 3.63) is 68.5 Å². The van der Waals surface area contributed by atoms with Crippen LogP contribution in [0.15, 0.2) is 62.9 Å². The van der Waals surface area contributed by atoms with E-state index in [0.29, 0.717) is 33.1 Å². The first-order chi connectivity index (χ1) is 15.4. The van der Waals surface area contributed by atoms with E-state index in [1.807, 2.05) is 55.5 Å². The molecule has 0 saturated carbocycles. The van der Waals surface area contributed by atoms with E-state index in [2.05, 4.69) is 20.9 Å². The summed E-state index contributed by atoms with van der Waals surface area (Å²) in [6, 6.07) is 15.2. The molecule has 0 N–H and O–H groups in total. The summed E-state index contributed by atoms with van der Waals surface area (Å²) in [5, 5.41) is 3.14. The summed E-state index contributed by atoms with van der Waals surface area (Å²) in [4.78, 5) is 20.1. The number of hydrogen-bond acceptors (Lipinski definition) is 5. The maximum atomic E-state index is 13.2. The molecule has 164 valence electrons. The van der Waals surface area contributed by atoms with Gasteiger partial charge in [-0.1, -0.05) is 23.7 Å². The van der Waals surface area contributed by atoms with Gasteiger partial charge in [0.15, 0.2) is 5.17 Å². The average Bonchev–Trinajstić information content (AvgIpc) is 3.09. The van der Waals surface area contributed by atoms with Gasteiger partial charge in [0.2, 0.25) is 0 Å². The Kier molecular flexibility index (Phi) is 6.79. The maximum Gasteiger partial charge on any atom is 0.266 e. The Morgan fingerprint density at radius 2 is 1.91 bits per heavy atom. The molecule has 3 aromatic carbocycles. The monoisotopic (exact) mass is 530 g/mol. The second kappa shape index (κ2) is 9.57. The van der Waals surface area contributed by atoms with Gasteiger partial charge in [-0.05, 0) is 87.9 Å². The van der Waals surface area contributed by atoms with Crippen molar-refractivity contribution in [2.75, 3.05) is 20.8 Å². The molecule has 1 saturated heterocycles. The van der Waals surface area contributed by atoms with Crippen LogP contribution in [0.25, 0.3) is 16.8 Å². The molecule has 0 radical (unpaired) electrons. The molecule has 1 fully saturated rings. The first kappa shape index (κ1) is 22.7. The number of likely N-dealkylation sites (N-methyl/N-ethyl adjacent to an activating group) is 1. The van der Waals surface area contributed by atoms with E-state index in [-0.39, 0.29) is 5.91 Å². The van der Waals surface area contributed by atoms with Gasteiger partial charge in [-0.25, -0.2) is 4.99 Å². The second-order valence-corrected chi connectivity index (χ2v) is 9.19. The minimum absolute atomic E-state index is 0.0959. The van der Waals surface area contributed by atoms with E-state index in [4.69, 9.17) is 21.1 Å². The highest BCUT2D eigenvalue weighted by Crippen LogP contribution is 2.39. The van der Waals surface area contributed by atoms with Crippen LogP contribution in [0.4, 0.5) is 5.69 Å².